The highest BCUT2D eigenvalue weighted by molar-refractivity contribution is 7.98. The third-order valence-electron chi connectivity index (χ3n) is 5.77. The molecule has 1 fully saturated rings. The van der Waals surface area contributed by atoms with E-state index in [1.165, 1.54) is 0 Å². The monoisotopic (exact) mass is 399 g/mol. The zero-order valence-corrected chi connectivity index (χ0v) is 18.0. The van der Waals surface area contributed by atoms with Crippen molar-refractivity contribution in [2.75, 3.05) is 19.3 Å². The second-order valence-corrected chi connectivity index (χ2v) is 8.42. The first-order chi connectivity index (χ1) is 13.4. The molecule has 0 aliphatic carbocycles. The number of hydrogen-bond donors (Lipinski definition) is 0. The van der Waals surface area contributed by atoms with Crippen LogP contribution in [0, 0.1) is 19.8 Å². The summed E-state index contributed by atoms with van der Waals surface area (Å²) in [5.74, 6) is 0.196. The van der Waals surface area contributed by atoms with E-state index < -0.39 is 0 Å². The number of rotatable bonds is 6. The molecular formula is C22H29N3O2S. The van der Waals surface area contributed by atoms with E-state index in [2.05, 4.69) is 5.10 Å². The number of thioether (sulfide) groups is 1. The van der Waals surface area contributed by atoms with Crippen LogP contribution in [0.5, 0.6) is 0 Å². The first-order valence-corrected chi connectivity index (χ1v) is 11.1. The Kier molecular flexibility index (Phi) is 6.60. The predicted octanol–water partition coefficient (Wildman–Crippen LogP) is 3.81. The quantitative estimate of drug-likeness (QED) is 0.547. The molecule has 1 aliphatic heterocycles. The van der Waals surface area contributed by atoms with E-state index in [0.29, 0.717) is 19.4 Å². The van der Waals surface area contributed by atoms with Gasteiger partial charge in [-0.3, -0.25) is 14.3 Å². The summed E-state index contributed by atoms with van der Waals surface area (Å²) < 4.78 is 1.87. The summed E-state index contributed by atoms with van der Waals surface area (Å²) in [5, 5.41) is 4.43. The van der Waals surface area contributed by atoms with Gasteiger partial charge in [0.05, 0.1) is 5.69 Å². The molecule has 0 N–H and O–H groups in total. The van der Waals surface area contributed by atoms with Gasteiger partial charge < -0.3 is 4.90 Å². The van der Waals surface area contributed by atoms with Crippen LogP contribution >= 0.6 is 11.8 Å². The van der Waals surface area contributed by atoms with Gasteiger partial charge in [0.15, 0.2) is 5.78 Å². The normalized spacial score (nSPS) is 17.0. The molecule has 1 aromatic heterocycles. The van der Waals surface area contributed by atoms with E-state index in [-0.39, 0.29) is 17.6 Å². The number of hydrogen-bond acceptors (Lipinski definition) is 4. The summed E-state index contributed by atoms with van der Waals surface area (Å²) in [4.78, 5) is 28.7. The molecule has 2 aromatic rings. The van der Waals surface area contributed by atoms with Crippen molar-refractivity contribution in [1.29, 1.82) is 0 Å². The Labute approximate surface area is 171 Å². The number of aryl methyl sites for hydroxylation is 2. The number of nitrogens with zero attached hydrogens (tertiary/aromatic N) is 3. The predicted molar refractivity (Wildman–Crippen MR) is 113 cm³/mol. The van der Waals surface area contributed by atoms with Crippen LogP contribution in [-0.4, -0.2) is 45.7 Å². The molecule has 0 unspecified atom stereocenters. The van der Waals surface area contributed by atoms with Gasteiger partial charge in [-0.2, -0.15) is 5.10 Å². The highest BCUT2D eigenvalue weighted by Gasteiger charge is 2.29. The highest BCUT2D eigenvalue weighted by atomic mass is 32.2. The Hall–Kier alpha value is -2.08. The van der Waals surface area contributed by atoms with E-state index >= 15 is 0 Å². The van der Waals surface area contributed by atoms with Crippen LogP contribution in [0.2, 0.25) is 0 Å². The van der Waals surface area contributed by atoms with Crippen LogP contribution in [-0.2, 0) is 18.3 Å². The number of piperidine rings is 1. The minimum atomic E-state index is -0.0975. The van der Waals surface area contributed by atoms with E-state index in [9.17, 15) is 9.59 Å². The van der Waals surface area contributed by atoms with Crippen molar-refractivity contribution in [2.45, 2.75) is 44.4 Å². The number of carbonyl (C=O) groups is 2. The summed E-state index contributed by atoms with van der Waals surface area (Å²) in [6.45, 7) is 5.31. The van der Waals surface area contributed by atoms with Gasteiger partial charge in [0, 0.05) is 48.6 Å². The number of ketones is 1. The Morgan fingerprint density at radius 1 is 1.21 bits per heavy atom. The fourth-order valence-electron chi connectivity index (χ4n) is 3.98. The standard InChI is InChI=1S/C22H29N3O2S/c1-15-20(16(2)24(3)23-15)11-12-21(26)25-13-5-6-18(14-25)22(27)17-7-9-19(28-4)10-8-17/h7-10,18H,5-6,11-14H2,1-4H3/t18-/m1/s1. The zero-order valence-electron chi connectivity index (χ0n) is 17.2. The SMILES string of the molecule is CSc1ccc(C(=O)[C@@H]2CCCN(C(=O)CCc3c(C)nn(C)c3C)C2)cc1. The van der Waals surface area contributed by atoms with Crippen molar-refractivity contribution in [2.24, 2.45) is 13.0 Å². The molecule has 1 saturated heterocycles. The molecule has 0 bridgehead atoms. The van der Waals surface area contributed by atoms with Crippen LogP contribution in [0.4, 0.5) is 0 Å². The number of benzene rings is 1. The van der Waals surface area contributed by atoms with Gasteiger partial charge in [0.25, 0.3) is 0 Å². The van der Waals surface area contributed by atoms with Gasteiger partial charge >= 0.3 is 0 Å². The second-order valence-electron chi connectivity index (χ2n) is 7.54. The van der Waals surface area contributed by atoms with Crippen molar-refractivity contribution < 1.29 is 9.59 Å². The first-order valence-electron chi connectivity index (χ1n) is 9.85. The van der Waals surface area contributed by atoms with Gasteiger partial charge in [-0.05, 0) is 57.1 Å². The van der Waals surface area contributed by atoms with Gasteiger partial charge in [-0.1, -0.05) is 12.1 Å². The van der Waals surface area contributed by atoms with Crippen molar-refractivity contribution in [3.8, 4) is 0 Å². The molecular weight excluding hydrogens is 370 g/mol. The molecule has 1 aliphatic rings. The van der Waals surface area contributed by atoms with Crippen LogP contribution < -0.4 is 0 Å². The lowest BCUT2D eigenvalue weighted by Crippen LogP contribution is -2.42. The lowest BCUT2D eigenvalue weighted by molar-refractivity contribution is -0.132. The third kappa shape index (κ3) is 4.49. The molecule has 3 rings (SSSR count). The van der Waals surface area contributed by atoms with Crippen LogP contribution in [0.1, 0.15) is 46.6 Å². The van der Waals surface area contributed by atoms with Gasteiger partial charge in [-0.15, -0.1) is 11.8 Å². The minimum Gasteiger partial charge on any atom is -0.342 e. The summed E-state index contributed by atoms with van der Waals surface area (Å²) in [6, 6.07) is 7.79. The van der Waals surface area contributed by atoms with Crippen molar-refractivity contribution in [1.82, 2.24) is 14.7 Å². The fraction of sp³-hybridized carbons (Fsp3) is 0.500. The van der Waals surface area contributed by atoms with Crippen LogP contribution in [0.15, 0.2) is 29.2 Å². The molecule has 1 atom stereocenters. The lowest BCUT2D eigenvalue weighted by atomic mass is 9.89. The maximum Gasteiger partial charge on any atom is 0.222 e. The fourth-order valence-corrected chi connectivity index (χ4v) is 4.39. The Morgan fingerprint density at radius 2 is 1.93 bits per heavy atom. The average molecular weight is 400 g/mol. The van der Waals surface area contributed by atoms with Crippen LogP contribution in [0.3, 0.4) is 0 Å². The molecule has 28 heavy (non-hydrogen) atoms. The molecule has 1 aromatic carbocycles. The van der Waals surface area contributed by atoms with E-state index in [1.54, 1.807) is 11.8 Å². The Morgan fingerprint density at radius 3 is 2.54 bits per heavy atom. The van der Waals surface area contributed by atoms with E-state index in [0.717, 1.165) is 46.8 Å². The highest BCUT2D eigenvalue weighted by Crippen LogP contribution is 2.24. The maximum atomic E-state index is 12.9. The summed E-state index contributed by atoms with van der Waals surface area (Å²) in [5.41, 5.74) is 4.02. The number of aromatic nitrogens is 2. The molecule has 0 radical (unpaired) electrons. The number of likely N-dealkylation sites (tertiary alicyclic amines) is 1. The zero-order chi connectivity index (χ0) is 20.3. The van der Waals surface area contributed by atoms with Gasteiger partial charge in [0.2, 0.25) is 5.91 Å². The lowest BCUT2D eigenvalue weighted by Gasteiger charge is -2.32. The average Bonchev–Trinajstić information content (AvgIpc) is 2.97. The molecule has 6 heteroatoms. The molecule has 150 valence electrons. The summed E-state index contributed by atoms with van der Waals surface area (Å²) in [7, 11) is 1.93. The Bertz CT molecular complexity index is 857. The van der Waals surface area contributed by atoms with Crippen molar-refractivity contribution in [3.05, 3.63) is 46.8 Å². The summed E-state index contributed by atoms with van der Waals surface area (Å²) in [6.07, 6.45) is 4.94. The number of amides is 1. The van der Waals surface area contributed by atoms with E-state index in [4.69, 9.17) is 0 Å². The molecule has 1 amide bonds. The largest absolute Gasteiger partial charge is 0.342 e. The topological polar surface area (TPSA) is 55.2 Å². The third-order valence-corrected chi connectivity index (χ3v) is 6.51. The number of carbonyl (C=O) groups excluding carboxylic acids is 2. The molecule has 0 spiro atoms. The molecule has 0 saturated carbocycles. The van der Waals surface area contributed by atoms with E-state index in [1.807, 2.05) is 61.0 Å². The smallest absolute Gasteiger partial charge is 0.222 e. The maximum absolute atomic E-state index is 12.9. The summed E-state index contributed by atoms with van der Waals surface area (Å²) >= 11 is 1.67. The first kappa shape index (κ1) is 20.6. The van der Waals surface area contributed by atoms with Crippen LogP contribution in [0.25, 0.3) is 0 Å². The van der Waals surface area contributed by atoms with Gasteiger partial charge in [0.1, 0.15) is 0 Å². The Balaban J connectivity index is 1.60. The second kappa shape index (κ2) is 8.95. The minimum absolute atomic E-state index is 0.0975. The van der Waals surface area contributed by atoms with Gasteiger partial charge in [-0.25, -0.2) is 0 Å². The molecule has 2 heterocycles. The van der Waals surface area contributed by atoms with Crippen molar-refractivity contribution in [3.63, 3.8) is 0 Å². The molecule has 5 nitrogen and oxygen atoms in total. The number of Topliss-reactive ketones (excluding diaryl/α,β-unsaturated/α-hetero) is 1. The van der Waals surface area contributed by atoms with Crippen molar-refractivity contribution >= 4 is 23.5 Å².